The van der Waals surface area contributed by atoms with Gasteiger partial charge in [-0.25, -0.2) is 4.39 Å². The number of nitrogens with zero attached hydrogens (tertiary/aromatic N) is 1. The maximum atomic E-state index is 13.2. The van der Waals surface area contributed by atoms with Gasteiger partial charge in [0.25, 0.3) is 0 Å². The molecule has 1 heterocycles. The molecule has 4 N–H and O–H groups in total. The monoisotopic (exact) mass is 251 g/mol. The minimum Gasteiger partial charge on any atom is -0.388 e. The highest BCUT2D eigenvalue weighted by atomic mass is 19.1. The van der Waals surface area contributed by atoms with Crippen molar-refractivity contribution in [1.82, 2.24) is 0 Å². The Hall–Kier alpha value is -1.62. The lowest BCUT2D eigenvalue weighted by atomic mass is 9.94. The van der Waals surface area contributed by atoms with Gasteiger partial charge < -0.3 is 15.7 Å². The summed E-state index contributed by atoms with van der Waals surface area (Å²) >= 11 is 0. The summed E-state index contributed by atoms with van der Waals surface area (Å²) in [6.45, 7) is 3.04. The van der Waals surface area contributed by atoms with Crippen LogP contribution < -0.4 is 10.6 Å². The first-order valence-electron chi connectivity index (χ1n) is 6.00. The molecule has 0 amide bonds. The number of β-amino-alcohol motifs (C(OH)–C–C–N with tert-alkyl or cyclic N) is 1. The lowest BCUT2D eigenvalue weighted by molar-refractivity contribution is 0.0449. The van der Waals surface area contributed by atoms with E-state index in [4.69, 9.17) is 11.1 Å². The summed E-state index contributed by atoms with van der Waals surface area (Å²) in [4.78, 5) is 1.96. The summed E-state index contributed by atoms with van der Waals surface area (Å²) < 4.78 is 13.2. The largest absolute Gasteiger partial charge is 0.388 e. The van der Waals surface area contributed by atoms with Crippen molar-refractivity contribution in [3.05, 3.63) is 29.6 Å². The smallest absolute Gasteiger partial charge is 0.125 e. The molecule has 0 aromatic heterocycles. The molecule has 0 spiro atoms. The molecule has 1 unspecified atom stereocenters. The molecule has 5 heteroatoms. The molecule has 2 rings (SSSR count). The normalized spacial score (nSPS) is 24.1. The zero-order chi connectivity index (χ0) is 13.3. The predicted molar refractivity (Wildman–Crippen MR) is 69.5 cm³/mol. The lowest BCUT2D eigenvalue weighted by Crippen LogP contribution is -2.46. The average Bonchev–Trinajstić information content (AvgIpc) is 2.27. The van der Waals surface area contributed by atoms with Gasteiger partial charge in [0.2, 0.25) is 0 Å². The Morgan fingerprint density at radius 3 is 2.89 bits per heavy atom. The van der Waals surface area contributed by atoms with Crippen molar-refractivity contribution < 1.29 is 9.50 Å². The van der Waals surface area contributed by atoms with Gasteiger partial charge in [-0.3, -0.25) is 5.41 Å². The van der Waals surface area contributed by atoms with E-state index in [-0.39, 0.29) is 5.84 Å². The van der Waals surface area contributed by atoms with Crippen molar-refractivity contribution in [3.63, 3.8) is 0 Å². The highest BCUT2D eigenvalue weighted by molar-refractivity contribution is 6.00. The maximum absolute atomic E-state index is 13.2. The fourth-order valence-electron chi connectivity index (χ4n) is 2.43. The molecule has 1 aromatic carbocycles. The fraction of sp³-hybridized carbons (Fsp3) is 0.462. The van der Waals surface area contributed by atoms with E-state index < -0.39 is 11.4 Å². The number of nitrogens with one attached hydrogen (secondary N) is 1. The molecule has 1 aromatic rings. The molecule has 1 aliphatic rings. The summed E-state index contributed by atoms with van der Waals surface area (Å²) in [5.41, 5.74) is 5.83. The van der Waals surface area contributed by atoms with Crippen LogP contribution in [-0.4, -0.2) is 29.6 Å². The van der Waals surface area contributed by atoms with Gasteiger partial charge >= 0.3 is 0 Å². The van der Waals surface area contributed by atoms with Crippen molar-refractivity contribution in [2.75, 3.05) is 18.0 Å². The number of halogens is 1. The van der Waals surface area contributed by atoms with Gasteiger partial charge in [-0.2, -0.15) is 0 Å². The molecule has 18 heavy (non-hydrogen) atoms. The fourth-order valence-corrected chi connectivity index (χ4v) is 2.43. The third kappa shape index (κ3) is 2.61. The summed E-state index contributed by atoms with van der Waals surface area (Å²) in [5, 5.41) is 17.6. The predicted octanol–water partition coefficient (Wildman–Crippen LogP) is 1.46. The van der Waals surface area contributed by atoms with Crippen molar-refractivity contribution in [1.29, 1.82) is 5.41 Å². The van der Waals surface area contributed by atoms with E-state index in [2.05, 4.69) is 0 Å². The first-order chi connectivity index (χ1) is 8.39. The third-order valence-corrected chi connectivity index (χ3v) is 3.26. The molecule has 0 saturated carbocycles. The van der Waals surface area contributed by atoms with Gasteiger partial charge in [0, 0.05) is 24.3 Å². The molecular formula is C13H18FN3O. The summed E-state index contributed by atoms with van der Waals surface area (Å²) in [7, 11) is 0. The van der Waals surface area contributed by atoms with Gasteiger partial charge in [0.05, 0.1) is 5.60 Å². The van der Waals surface area contributed by atoms with Crippen LogP contribution in [0.4, 0.5) is 10.1 Å². The van der Waals surface area contributed by atoms with Crippen molar-refractivity contribution in [2.24, 2.45) is 5.73 Å². The van der Waals surface area contributed by atoms with Gasteiger partial charge in [0.15, 0.2) is 0 Å². The Labute approximate surface area is 106 Å². The van der Waals surface area contributed by atoms with Gasteiger partial charge in [-0.15, -0.1) is 0 Å². The molecule has 1 aliphatic heterocycles. The van der Waals surface area contributed by atoms with Crippen LogP contribution in [0.5, 0.6) is 0 Å². The SMILES string of the molecule is CC1(O)CCCN(c2ccc(F)cc2C(=N)N)C1. The molecular weight excluding hydrogens is 233 g/mol. The summed E-state index contributed by atoms with van der Waals surface area (Å²) in [6.07, 6.45) is 1.61. The number of aliphatic hydroxyl groups is 1. The van der Waals surface area contributed by atoms with Crippen molar-refractivity contribution >= 4 is 11.5 Å². The van der Waals surface area contributed by atoms with Crippen LogP contribution in [0.1, 0.15) is 25.3 Å². The number of anilines is 1. The maximum Gasteiger partial charge on any atom is 0.125 e. The van der Waals surface area contributed by atoms with Crippen LogP contribution in [-0.2, 0) is 0 Å². The number of nitrogens with two attached hydrogens (primary N) is 1. The van der Waals surface area contributed by atoms with Crippen molar-refractivity contribution in [2.45, 2.75) is 25.4 Å². The van der Waals surface area contributed by atoms with Crippen LogP contribution >= 0.6 is 0 Å². The Morgan fingerprint density at radius 2 is 2.28 bits per heavy atom. The second kappa shape index (κ2) is 4.57. The summed E-state index contributed by atoms with van der Waals surface area (Å²) in [6, 6.07) is 4.24. The summed E-state index contributed by atoms with van der Waals surface area (Å²) in [5.74, 6) is -0.567. The first-order valence-corrected chi connectivity index (χ1v) is 6.00. The van der Waals surface area contributed by atoms with E-state index in [9.17, 15) is 9.50 Å². The molecule has 0 radical (unpaired) electrons. The Bertz CT molecular complexity index is 473. The van der Waals surface area contributed by atoms with E-state index >= 15 is 0 Å². The molecule has 0 bridgehead atoms. The molecule has 4 nitrogen and oxygen atoms in total. The van der Waals surface area contributed by atoms with E-state index in [1.165, 1.54) is 12.1 Å². The molecule has 1 fully saturated rings. The Morgan fingerprint density at radius 1 is 1.56 bits per heavy atom. The highest BCUT2D eigenvalue weighted by Gasteiger charge is 2.29. The van der Waals surface area contributed by atoms with Crippen LogP contribution in [0.2, 0.25) is 0 Å². The number of piperidine rings is 1. The lowest BCUT2D eigenvalue weighted by Gasteiger charge is -2.39. The standard InChI is InChI=1S/C13H18FN3O/c1-13(18)5-2-6-17(8-13)11-4-3-9(14)7-10(11)12(15)16/h3-4,7,18H,2,5-6,8H2,1H3,(H3,15,16). The number of hydrogen-bond acceptors (Lipinski definition) is 3. The number of amidine groups is 1. The van der Waals surface area contributed by atoms with Crippen LogP contribution in [0, 0.1) is 11.2 Å². The number of nitrogen functional groups attached to an aromatic ring is 1. The zero-order valence-electron chi connectivity index (χ0n) is 10.4. The number of benzene rings is 1. The molecule has 1 atom stereocenters. The zero-order valence-corrected chi connectivity index (χ0v) is 10.4. The third-order valence-electron chi connectivity index (χ3n) is 3.26. The van der Waals surface area contributed by atoms with E-state index in [0.29, 0.717) is 17.8 Å². The van der Waals surface area contributed by atoms with Crippen LogP contribution in [0.25, 0.3) is 0 Å². The second-order valence-corrected chi connectivity index (χ2v) is 5.10. The van der Waals surface area contributed by atoms with E-state index in [1.54, 1.807) is 13.0 Å². The number of rotatable bonds is 2. The molecule has 98 valence electrons. The van der Waals surface area contributed by atoms with Gasteiger partial charge in [-0.05, 0) is 38.0 Å². The molecule has 1 saturated heterocycles. The van der Waals surface area contributed by atoms with E-state index in [0.717, 1.165) is 19.4 Å². The Balaban J connectivity index is 2.35. The van der Waals surface area contributed by atoms with Crippen LogP contribution in [0.15, 0.2) is 18.2 Å². The number of hydrogen-bond donors (Lipinski definition) is 3. The van der Waals surface area contributed by atoms with Crippen molar-refractivity contribution in [3.8, 4) is 0 Å². The van der Waals surface area contributed by atoms with Gasteiger partial charge in [0.1, 0.15) is 11.7 Å². The van der Waals surface area contributed by atoms with Gasteiger partial charge in [-0.1, -0.05) is 0 Å². The second-order valence-electron chi connectivity index (χ2n) is 5.10. The minimum absolute atomic E-state index is 0.158. The Kier molecular flexibility index (Phi) is 3.26. The van der Waals surface area contributed by atoms with Crippen LogP contribution in [0.3, 0.4) is 0 Å². The minimum atomic E-state index is -0.749. The quantitative estimate of drug-likeness (QED) is 0.550. The average molecular weight is 251 g/mol. The highest BCUT2D eigenvalue weighted by Crippen LogP contribution is 2.28. The first kappa shape index (κ1) is 12.8. The topological polar surface area (TPSA) is 73.3 Å². The molecule has 0 aliphatic carbocycles. The van der Waals surface area contributed by atoms with E-state index in [1.807, 2.05) is 4.90 Å².